The Labute approximate surface area is 103 Å². The maximum Gasteiger partial charge on any atom is 0.126 e. The zero-order valence-corrected chi connectivity index (χ0v) is 10.7. The van der Waals surface area contributed by atoms with Crippen LogP contribution < -0.4 is 5.32 Å². The number of hydrogen-bond acceptors (Lipinski definition) is 2. The Morgan fingerprint density at radius 2 is 2.06 bits per heavy atom. The van der Waals surface area contributed by atoms with Crippen LogP contribution in [0.15, 0.2) is 18.2 Å². The normalized spacial score (nSPS) is 19.2. The fourth-order valence-electron chi connectivity index (χ4n) is 2.51. The van der Waals surface area contributed by atoms with Crippen LogP contribution >= 0.6 is 0 Å². The van der Waals surface area contributed by atoms with Crippen molar-refractivity contribution in [2.45, 2.75) is 26.3 Å². The molecular formula is C14H21FN2. The largest absolute Gasteiger partial charge is 0.314 e. The number of nitrogens with zero attached hydrogens (tertiary/aromatic N) is 1. The summed E-state index contributed by atoms with van der Waals surface area (Å²) >= 11 is 0. The van der Waals surface area contributed by atoms with Gasteiger partial charge in [0.15, 0.2) is 0 Å². The molecule has 1 aromatic rings. The van der Waals surface area contributed by atoms with E-state index in [1.807, 2.05) is 13.0 Å². The van der Waals surface area contributed by atoms with Gasteiger partial charge in [-0.3, -0.25) is 4.90 Å². The smallest absolute Gasteiger partial charge is 0.126 e. The van der Waals surface area contributed by atoms with E-state index in [4.69, 9.17) is 0 Å². The molecule has 0 saturated carbocycles. The first-order chi connectivity index (χ1) is 8.22. The Bertz CT molecular complexity index is 372. The predicted molar refractivity (Wildman–Crippen MR) is 68.6 cm³/mol. The van der Waals surface area contributed by atoms with Gasteiger partial charge in [0.05, 0.1) is 0 Å². The summed E-state index contributed by atoms with van der Waals surface area (Å²) in [5.41, 5.74) is 1.83. The highest BCUT2D eigenvalue weighted by molar-refractivity contribution is 5.26. The van der Waals surface area contributed by atoms with Crippen LogP contribution in [0, 0.1) is 12.7 Å². The van der Waals surface area contributed by atoms with Gasteiger partial charge in [-0.15, -0.1) is 0 Å². The van der Waals surface area contributed by atoms with Crippen LogP contribution in [0.25, 0.3) is 0 Å². The summed E-state index contributed by atoms with van der Waals surface area (Å²) in [7, 11) is 0. The Morgan fingerprint density at radius 3 is 2.65 bits per heavy atom. The van der Waals surface area contributed by atoms with Gasteiger partial charge in [-0.2, -0.15) is 0 Å². The van der Waals surface area contributed by atoms with Gasteiger partial charge in [0.2, 0.25) is 0 Å². The number of benzene rings is 1. The minimum Gasteiger partial charge on any atom is -0.314 e. The fraction of sp³-hybridized carbons (Fsp3) is 0.571. The molecule has 0 amide bonds. The second-order valence-electron chi connectivity index (χ2n) is 4.72. The number of aryl methyl sites for hydroxylation is 1. The molecule has 1 aromatic carbocycles. The first-order valence-electron chi connectivity index (χ1n) is 6.43. The summed E-state index contributed by atoms with van der Waals surface area (Å²) < 4.78 is 13.6. The Hall–Kier alpha value is -0.930. The lowest BCUT2D eigenvalue weighted by Gasteiger charge is -2.34. The number of rotatable bonds is 3. The molecule has 3 heteroatoms. The van der Waals surface area contributed by atoms with E-state index in [0.717, 1.165) is 43.7 Å². The van der Waals surface area contributed by atoms with E-state index in [9.17, 15) is 4.39 Å². The highest BCUT2D eigenvalue weighted by Gasteiger charge is 2.20. The minimum atomic E-state index is -0.0870. The predicted octanol–water partition coefficient (Wildman–Crippen LogP) is 2.49. The lowest BCUT2D eigenvalue weighted by atomic mass is 10.0. The van der Waals surface area contributed by atoms with Crippen molar-refractivity contribution in [3.8, 4) is 0 Å². The average Bonchev–Trinajstić information content (AvgIpc) is 2.36. The van der Waals surface area contributed by atoms with Crippen molar-refractivity contribution in [1.29, 1.82) is 0 Å². The van der Waals surface area contributed by atoms with E-state index < -0.39 is 0 Å². The molecule has 0 unspecified atom stereocenters. The number of halogens is 1. The molecule has 1 aliphatic rings. The van der Waals surface area contributed by atoms with E-state index in [0.29, 0.717) is 6.04 Å². The molecule has 1 fully saturated rings. The Kier molecular flexibility index (Phi) is 4.13. The van der Waals surface area contributed by atoms with Crippen molar-refractivity contribution in [2.75, 3.05) is 26.2 Å². The Balaban J connectivity index is 2.18. The molecule has 0 aliphatic carbocycles. The van der Waals surface area contributed by atoms with Crippen molar-refractivity contribution in [3.63, 3.8) is 0 Å². The number of piperazine rings is 1. The highest BCUT2D eigenvalue weighted by Crippen LogP contribution is 2.25. The average molecular weight is 236 g/mol. The van der Waals surface area contributed by atoms with Crippen LogP contribution in [0.4, 0.5) is 4.39 Å². The summed E-state index contributed by atoms with van der Waals surface area (Å²) in [5, 5.41) is 3.35. The third kappa shape index (κ3) is 2.85. The molecule has 1 aliphatic heterocycles. The third-order valence-corrected chi connectivity index (χ3v) is 3.56. The van der Waals surface area contributed by atoms with Crippen LogP contribution in [-0.4, -0.2) is 31.1 Å². The van der Waals surface area contributed by atoms with Gasteiger partial charge in [0.25, 0.3) is 0 Å². The molecule has 0 bridgehead atoms. The molecule has 1 saturated heterocycles. The van der Waals surface area contributed by atoms with Gasteiger partial charge in [-0.05, 0) is 30.5 Å². The highest BCUT2D eigenvalue weighted by atomic mass is 19.1. The van der Waals surface area contributed by atoms with Gasteiger partial charge >= 0.3 is 0 Å². The topological polar surface area (TPSA) is 15.3 Å². The minimum absolute atomic E-state index is 0.0870. The van der Waals surface area contributed by atoms with Crippen LogP contribution in [0.5, 0.6) is 0 Å². The zero-order valence-electron chi connectivity index (χ0n) is 10.7. The van der Waals surface area contributed by atoms with E-state index in [1.54, 1.807) is 6.07 Å². The molecule has 17 heavy (non-hydrogen) atoms. The lowest BCUT2D eigenvalue weighted by Crippen LogP contribution is -2.45. The number of hydrogen-bond donors (Lipinski definition) is 1. The quantitative estimate of drug-likeness (QED) is 0.867. The zero-order chi connectivity index (χ0) is 12.3. The summed E-state index contributed by atoms with van der Waals surface area (Å²) in [6.07, 6.45) is 1.03. The molecule has 1 atom stereocenters. The van der Waals surface area contributed by atoms with Gasteiger partial charge in [-0.1, -0.05) is 19.1 Å². The maximum absolute atomic E-state index is 13.6. The van der Waals surface area contributed by atoms with Gasteiger partial charge in [-0.25, -0.2) is 4.39 Å². The standard InChI is InChI=1S/C14H21FN2/c1-3-14(17-8-6-16-7-9-17)12-5-4-11(2)13(15)10-12/h4-5,10,14,16H,3,6-9H2,1-2H3/t14-/m0/s1. The molecule has 2 rings (SSSR count). The maximum atomic E-state index is 13.6. The molecule has 94 valence electrons. The van der Waals surface area contributed by atoms with Gasteiger partial charge in [0.1, 0.15) is 5.82 Å². The first kappa shape index (κ1) is 12.5. The summed E-state index contributed by atoms with van der Waals surface area (Å²) in [6.45, 7) is 8.15. The monoisotopic (exact) mass is 236 g/mol. The molecule has 0 aromatic heterocycles. The Morgan fingerprint density at radius 1 is 1.35 bits per heavy atom. The van der Waals surface area contributed by atoms with Crippen molar-refractivity contribution in [1.82, 2.24) is 10.2 Å². The first-order valence-corrected chi connectivity index (χ1v) is 6.43. The van der Waals surface area contributed by atoms with Crippen LogP contribution in [0.3, 0.4) is 0 Å². The van der Waals surface area contributed by atoms with Crippen molar-refractivity contribution in [2.24, 2.45) is 0 Å². The molecule has 2 nitrogen and oxygen atoms in total. The molecule has 1 N–H and O–H groups in total. The van der Waals surface area contributed by atoms with Gasteiger partial charge < -0.3 is 5.32 Å². The van der Waals surface area contributed by atoms with Gasteiger partial charge in [0, 0.05) is 32.2 Å². The second-order valence-corrected chi connectivity index (χ2v) is 4.72. The van der Waals surface area contributed by atoms with Crippen molar-refractivity contribution in [3.05, 3.63) is 35.1 Å². The SMILES string of the molecule is CC[C@@H](c1ccc(C)c(F)c1)N1CCNCC1. The molecule has 0 radical (unpaired) electrons. The number of nitrogens with one attached hydrogen (secondary N) is 1. The fourth-order valence-corrected chi connectivity index (χ4v) is 2.51. The molecule has 1 heterocycles. The summed E-state index contributed by atoms with van der Waals surface area (Å²) in [6, 6.07) is 6.00. The third-order valence-electron chi connectivity index (χ3n) is 3.56. The molecule has 0 spiro atoms. The second kappa shape index (κ2) is 5.61. The van der Waals surface area contributed by atoms with E-state index in [-0.39, 0.29) is 5.82 Å². The lowest BCUT2D eigenvalue weighted by molar-refractivity contribution is 0.169. The van der Waals surface area contributed by atoms with E-state index in [1.165, 1.54) is 0 Å². The van der Waals surface area contributed by atoms with E-state index in [2.05, 4.69) is 23.2 Å². The van der Waals surface area contributed by atoms with Crippen molar-refractivity contribution < 1.29 is 4.39 Å². The van der Waals surface area contributed by atoms with Crippen LogP contribution in [0.2, 0.25) is 0 Å². The summed E-state index contributed by atoms with van der Waals surface area (Å²) in [5.74, 6) is -0.0870. The summed E-state index contributed by atoms with van der Waals surface area (Å²) in [4.78, 5) is 2.45. The molecular weight excluding hydrogens is 215 g/mol. The van der Waals surface area contributed by atoms with E-state index >= 15 is 0 Å². The van der Waals surface area contributed by atoms with Crippen LogP contribution in [0.1, 0.15) is 30.5 Å². The van der Waals surface area contributed by atoms with Crippen molar-refractivity contribution >= 4 is 0 Å². The van der Waals surface area contributed by atoms with Crippen LogP contribution in [-0.2, 0) is 0 Å².